The van der Waals surface area contributed by atoms with Crippen molar-refractivity contribution in [1.29, 1.82) is 0 Å². The third-order valence-corrected chi connectivity index (χ3v) is 8.82. The number of amides is 1. The third-order valence-electron chi connectivity index (χ3n) is 5.10. The minimum absolute atomic E-state index is 0.131. The van der Waals surface area contributed by atoms with Gasteiger partial charge in [-0.05, 0) is 75.1 Å². The molecule has 3 aromatic rings. The van der Waals surface area contributed by atoms with Gasteiger partial charge in [0.05, 0.1) is 20.8 Å². The number of aromatic carboxylic acids is 1. The van der Waals surface area contributed by atoms with Crippen LogP contribution in [0.2, 0.25) is 0 Å². The number of nitrogens with zero attached hydrogens (tertiary/aromatic N) is 1. The normalized spacial score (nSPS) is 13.6. The highest BCUT2D eigenvalue weighted by molar-refractivity contribution is 9.10. The number of ether oxygens (including phenoxy) is 2. The first kappa shape index (κ1) is 26.1. The molecule has 1 saturated heterocycles. The molecule has 4 rings (SSSR count). The number of carbonyl (C=O) groups excluding carboxylic acids is 1. The molecule has 2 N–H and O–H groups in total. The van der Waals surface area contributed by atoms with Crippen LogP contribution >= 0.6 is 39.5 Å². The quantitative estimate of drug-likeness (QED) is 0.231. The Morgan fingerprint density at radius 2 is 1.75 bits per heavy atom. The summed E-state index contributed by atoms with van der Waals surface area (Å²) in [4.78, 5) is 23.0. The van der Waals surface area contributed by atoms with Crippen LogP contribution < -0.4 is 14.9 Å². The number of thioether (sulfide) groups is 2. The van der Waals surface area contributed by atoms with Crippen molar-refractivity contribution >= 4 is 57.5 Å². The fourth-order valence-electron chi connectivity index (χ4n) is 3.25. The van der Waals surface area contributed by atoms with Crippen LogP contribution in [0.4, 0.5) is 0 Å². The Morgan fingerprint density at radius 3 is 2.42 bits per heavy atom. The maximum atomic E-state index is 12.1. The molecule has 0 aliphatic carbocycles. The van der Waals surface area contributed by atoms with Crippen molar-refractivity contribution in [1.82, 2.24) is 5.43 Å². The highest BCUT2D eigenvalue weighted by Gasteiger charge is 2.18. The van der Waals surface area contributed by atoms with Gasteiger partial charge in [0.25, 0.3) is 5.91 Å². The van der Waals surface area contributed by atoms with Gasteiger partial charge in [-0.1, -0.05) is 24.3 Å². The van der Waals surface area contributed by atoms with Crippen molar-refractivity contribution in [2.24, 2.45) is 5.10 Å². The smallest absolute Gasteiger partial charge is 0.335 e. The molecule has 0 aromatic heterocycles. The summed E-state index contributed by atoms with van der Waals surface area (Å²) in [6.45, 7) is 0.163. The SMILES string of the molecule is O=C(COc1ccc(C2SCCS2)cc1)N/N=C\c1ccc(OCc2ccc(C(=O)O)cc2)c(Br)c1. The van der Waals surface area contributed by atoms with Crippen molar-refractivity contribution in [3.05, 3.63) is 93.5 Å². The maximum absolute atomic E-state index is 12.1. The Labute approximate surface area is 225 Å². The molecule has 0 spiro atoms. The summed E-state index contributed by atoms with van der Waals surface area (Å²) >= 11 is 7.37. The number of hydrogen-bond acceptors (Lipinski definition) is 7. The molecule has 1 aliphatic heterocycles. The summed E-state index contributed by atoms with van der Waals surface area (Å²) in [5.74, 6) is 2.30. The van der Waals surface area contributed by atoms with E-state index in [2.05, 4.69) is 26.5 Å². The molecule has 186 valence electrons. The monoisotopic (exact) mass is 586 g/mol. The van der Waals surface area contributed by atoms with E-state index in [0.29, 0.717) is 22.7 Å². The van der Waals surface area contributed by atoms with Crippen LogP contribution in [0.3, 0.4) is 0 Å². The van der Waals surface area contributed by atoms with Crippen molar-refractivity contribution in [3.63, 3.8) is 0 Å². The topological polar surface area (TPSA) is 97.2 Å². The fraction of sp³-hybridized carbons (Fsp3) is 0.192. The zero-order valence-electron chi connectivity index (χ0n) is 19.1. The van der Waals surface area contributed by atoms with Gasteiger partial charge >= 0.3 is 5.97 Å². The molecule has 1 aliphatic rings. The van der Waals surface area contributed by atoms with E-state index in [0.717, 1.165) is 15.6 Å². The van der Waals surface area contributed by atoms with Crippen LogP contribution in [0.1, 0.15) is 31.6 Å². The molecule has 3 aromatic carbocycles. The van der Waals surface area contributed by atoms with Crippen molar-refractivity contribution in [2.75, 3.05) is 18.1 Å². The van der Waals surface area contributed by atoms with Gasteiger partial charge in [-0.2, -0.15) is 5.10 Å². The van der Waals surface area contributed by atoms with Gasteiger partial charge in [0, 0.05) is 11.5 Å². The zero-order chi connectivity index (χ0) is 25.3. The van der Waals surface area contributed by atoms with Gasteiger partial charge in [-0.15, -0.1) is 23.5 Å². The Kier molecular flexibility index (Phi) is 9.32. The van der Waals surface area contributed by atoms with Gasteiger partial charge in [-0.25, -0.2) is 10.2 Å². The van der Waals surface area contributed by atoms with E-state index >= 15 is 0 Å². The van der Waals surface area contributed by atoms with Crippen molar-refractivity contribution in [3.8, 4) is 11.5 Å². The van der Waals surface area contributed by atoms with Crippen molar-refractivity contribution < 1.29 is 24.2 Å². The predicted molar refractivity (Wildman–Crippen MR) is 147 cm³/mol. The first-order valence-corrected chi connectivity index (χ1v) is 13.9. The first-order chi connectivity index (χ1) is 17.5. The number of hydrogen-bond donors (Lipinski definition) is 2. The standard InChI is InChI=1S/C26H23BrN2O5S2/c27-22-13-18(3-10-23(22)34-15-17-1-4-19(5-2-17)25(31)32)14-28-29-24(30)16-33-21-8-6-20(7-9-21)26-35-11-12-36-26/h1-10,13-14,26H,11-12,15-16H2,(H,29,30)(H,31,32)/b28-14-. The largest absolute Gasteiger partial charge is 0.488 e. The van der Waals surface area contributed by atoms with Crippen LogP contribution in [0.25, 0.3) is 0 Å². The second-order valence-corrected chi connectivity index (χ2v) is 11.3. The van der Waals surface area contributed by atoms with E-state index in [1.807, 2.05) is 59.9 Å². The lowest BCUT2D eigenvalue weighted by atomic mass is 10.1. The molecule has 36 heavy (non-hydrogen) atoms. The molecular formula is C26H23BrN2O5S2. The summed E-state index contributed by atoms with van der Waals surface area (Å²) in [6, 6.07) is 19.8. The van der Waals surface area contributed by atoms with Crippen LogP contribution in [0, 0.1) is 0 Å². The molecule has 0 atom stereocenters. The molecule has 10 heteroatoms. The Bertz CT molecular complexity index is 1230. The summed E-state index contributed by atoms with van der Waals surface area (Å²) in [7, 11) is 0. The number of carboxylic acid groups (broad SMARTS) is 1. The molecule has 0 unspecified atom stereocenters. The van der Waals surface area contributed by atoms with Gasteiger partial charge in [-0.3, -0.25) is 4.79 Å². The van der Waals surface area contributed by atoms with Gasteiger partial charge in [0.2, 0.25) is 0 Å². The summed E-state index contributed by atoms with van der Waals surface area (Å²) in [5, 5.41) is 13.0. The lowest BCUT2D eigenvalue weighted by Crippen LogP contribution is -2.24. The first-order valence-electron chi connectivity index (χ1n) is 11.0. The number of rotatable bonds is 10. The number of carbonyl (C=O) groups is 2. The van der Waals surface area contributed by atoms with E-state index in [-0.39, 0.29) is 18.1 Å². The molecule has 1 fully saturated rings. The Morgan fingerprint density at radius 1 is 1.03 bits per heavy atom. The Hall–Kier alpha value is -2.95. The van der Waals surface area contributed by atoms with E-state index in [9.17, 15) is 9.59 Å². The minimum Gasteiger partial charge on any atom is -0.488 e. The predicted octanol–water partition coefficient (Wildman–Crippen LogP) is 5.73. The number of benzene rings is 3. The average molecular weight is 588 g/mol. The molecule has 1 amide bonds. The molecule has 0 saturated carbocycles. The minimum atomic E-state index is -0.964. The number of halogens is 1. The van der Waals surface area contributed by atoms with Crippen LogP contribution in [0.15, 0.2) is 76.3 Å². The van der Waals surface area contributed by atoms with Gasteiger partial charge < -0.3 is 14.6 Å². The number of carboxylic acids is 1. The lowest BCUT2D eigenvalue weighted by Gasteiger charge is -2.10. The van der Waals surface area contributed by atoms with E-state index in [1.165, 1.54) is 23.3 Å². The second-order valence-electron chi connectivity index (χ2n) is 7.71. The molecule has 7 nitrogen and oxygen atoms in total. The van der Waals surface area contributed by atoms with Crippen LogP contribution in [-0.2, 0) is 11.4 Å². The number of nitrogens with one attached hydrogen (secondary N) is 1. The third kappa shape index (κ3) is 7.52. The fourth-order valence-corrected chi connectivity index (χ4v) is 6.62. The Balaban J connectivity index is 1.21. The van der Waals surface area contributed by atoms with Crippen LogP contribution in [-0.4, -0.2) is 41.3 Å². The van der Waals surface area contributed by atoms with Gasteiger partial charge in [0.1, 0.15) is 18.1 Å². The zero-order valence-corrected chi connectivity index (χ0v) is 22.3. The molecule has 0 bridgehead atoms. The summed E-state index contributed by atoms with van der Waals surface area (Å²) in [5.41, 5.74) is 5.57. The summed E-state index contributed by atoms with van der Waals surface area (Å²) < 4.78 is 12.6. The molecular weight excluding hydrogens is 564 g/mol. The van der Waals surface area contributed by atoms with E-state index < -0.39 is 5.97 Å². The van der Waals surface area contributed by atoms with E-state index in [1.54, 1.807) is 30.3 Å². The molecule has 1 heterocycles. The van der Waals surface area contributed by atoms with Crippen LogP contribution in [0.5, 0.6) is 11.5 Å². The maximum Gasteiger partial charge on any atom is 0.335 e. The highest BCUT2D eigenvalue weighted by atomic mass is 79.9. The van der Waals surface area contributed by atoms with E-state index in [4.69, 9.17) is 14.6 Å². The highest BCUT2D eigenvalue weighted by Crippen LogP contribution is 2.45. The van der Waals surface area contributed by atoms with Crippen molar-refractivity contribution in [2.45, 2.75) is 11.2 Å². The number of hydrazone groups is 1. The second kappa shape index (κ2) is 12.8. The average Bonchev–Trinajstić information content (AvgIpc) is 3.43. The molecule has 0 radical (unpaired) electrons. The van der Waals surface area contributed by atoms with Gasteiger partial charge in [0.15, 0.2) is 6.61 Å². The summed E-state index contributed by atoms with van der Waals surface area (Å²) in [6.07, 6.45) is 1.53. The lowest BCUT2D eigenvalue weighted by molar-refractivity contribution is -0.123.